The van der Waals surface area contributed by atoms with Gasteiger partial charge >= 0.3 is 0 Å². The number of fused-ring (bicyclic) bond motifs is 3. The summed E-state index contributed by atoms with van der Waals surface area (Å²) in [5, 5.41) is 0. The van der Waals surface area contributed by atoms with Crippen LogP contribution in [0, 0.1) is 29.6 Å². The first-order chi connectivity index (χ1) is 12.3. The summed E-state index contributed by atoms with van der Waals surface area (Å²) in [7, 11) is 0. The van der Waals surface area contributed by atoms with Crippen molar-refractivity contribution < 1.29 is 4.74 Å². The molecule has 0 saturated heterocycles. The number of hydrogen-bond donors (Lipinski definition) is 0. The Labute approximate surface area is 157 Å². The van der Waals surface area contributed by atoms with Crippen molar-refractivity contribution in [3.63, 3.8) is 0 Å². The van der Waals surface area contributed by atoms with Crippen LogP contribution in [0.1, 0.15) is 110 Å². The van der Waals surface area contributed by atoms with E-state index in [1.54, 1.807) is 25.7 Å². The monoisotopic (exact) mass is 348 g/mol. The molecule has 0 radical (unpaired) electrons. The zero-order valence-corrected chi connectivity index (χ0v) is 17.2. The van der Waals surface area contributed by atoms with Gasteiger partial charge in [0.15, 0.2) is 0 Å². The number of hydrogen-bond acceptors (Lipinski definition) is 1. The lowest BCUT2D eigenvalue weighted by Crippen LogP contribution is -2.42. The summed E-state index contributed by atoms with van der Waals surface area (Å²) in [4.78, 5) is 0. The van der Waals surface area contributed by atoms with Crippen LogP contribution < -0.4 is 0 Å². The predicted octanol–water partition coefficient (Wildman–Crippen LogP) is 7.38. The van der Waals surface area contributed by atoms with Gasteiger partial charge in [-0.3, -0.25) is 0 Å². The Kier molecular flexibility index (Phi) is 8.15. The summed E-state index contributed by atoms with van der Waals surface area (Å²) >= 11 is 0. The molecule has 3 fully saturated rings. The maximum Gasteiger partial charge on any atom is 0.0578 e. The minimum absolute atomic E-state index is 0.597. The molecule has 3 saturated carbocycles. The van der Waals surface area contributed by atoms with E-state index in [2.05, 4.69) is 13.8 Å². The summed E-state index contributed by atoms with van der Waals surface area (Å²) in [6, 6.07) is 0. The molecule has 25 heavy (non-hydrogen) atoms. The highest BCUT2D eigenvalue weighted by Gasteiger charge is 2.44. The number of rotatable bonds is 9. The Hall–Kier alpha value is -0.0400. The van der Waals surface area contributed by atoms with Crippen molar-refractivity contribution in [2.45, 2.75) is 116 Å². The molecule has 1 nitrogen and oxygen atoms in total. The maximum atomic E-state index is 6.19. The van der Waals surface area contributed by atoms with Crippen molar-refractivity contribution in [1.29, 1.82) is 0 Å². The molecule has 0 aromatic rings. The lowest BCUT2D eigenvalue weighted by atomic mass is 9.56. The quantitative estimate of drug-likeness (QED) is 0.395. The summed E-state index contributed by atoms with van der Waals surface area (Å²) in [6.07, 6.45) is 22.4. The van der Waals surface area contributed by atoms with E-state index in [-0.39, 0.29) is 0 Å². The van der Waals surface area contributed by atoms with E-state index < -0.39 is 0 Å². The van der Waals surface area contributed by atoms with E-state index in [9.17, 15) is 0 Å². The standard InChI is InChI=1S/C24H44O/c1-3-5-7-8-9-19-10-14-23-20(17-19)11-12-21-18-22(13-15-24(21)23)25-16-6-4-2/h19-24H,3-18H2,1-2H3/t19-,20?,21?,22-,23?,24?/m1/s1. The molecular weight excluding hydrogens is 304 g/mol. The fraction of sp³-hybridized carbons (Fsp3) is 1.00. The van der Waals surface area contributed by atoms with E-state index in [0.717, 1.165) is 36.2 Å². The van der Waals surface area contributed by atoms with Crippen molar-refractivity contribution >= 4 is 0 Å². The van der Waals surface area contributed by atoms with E-state index >= 15 is 0 Å². The van der Waals surface area contributed by atoms with Crippen molar-refractivity contribution in [3.05, 3.63) is 0 Å². The van der Waals surface area contributed by atoms with E-state index in [1.807, 2.05) is 0 Å². The molecule has 0 aromatic heterocycles. The molecule has 0 aromatic carbocycles. The molecule has 0 heterocycles. The zero-order valence-electron chi connectivity index (χ0n) is 17.2. The number of unbranched alkanes of at least 4 members (excludes halogenated alkanes) is 4. The molecule has 3 aliphatic carbocycles. The highest BCUT2D eigenvalue weighted by Crippen LogP contribution is 2.53. The van der Waals surface area contributed by atoms with Gasteiger partial charge in [0.25, 0.3) is 0 Å². The van der Waals surface area contributed by atoms with Gasteiger partial charge in [0.2, 0.25) is 0 Å². The lowest BCUT2D eigenvalue weighted by Gasteiger charge is -2.50. The molecule has 0 N–H and O–H groups in total. The molecular formula is C24H44O. The van der Waals surface area contributed by atoms with Gasteiger partial charge in [-0.05, 0) is 81.0 Å². The van der Waals surface area contributed by atoms with Crippen molar-refractivity contribution in [2.75, 3.05) is 6.61 Å². The maximum absolute atomic E-state index is 6.19. The Morgan fingerprint density at radius 3 is 2.16 bits per heavy atom. The van der Waals surface area contributed by atoms with Gasteiger partial charge in [-0.2, -0.15) is 0 Å². The topological polar surface area (TPSA) is 9.23 Å². The van der Waals surface area contributed by atoms with Gasteiger partial charge in [0.05, 0.1) is 6.10 Å². The molecule has 146 valence electrons. The highest BCUT2D eigenvalue weighted by molar-refractivity contribution is 4.94. The average Bonchev–Trinajstić information content (AvgIpc) is 2.65. The van der Waals surface area contributed by atoms with Gasteiger partial charge < -0.3 is 4.74 Å². The highest BCUT2D eigenvalue weighted by atomic mass is 16.5. The summed E-state index contributed by atoms with van der Waals surface area (Å²) < 4.78 is 6.19. The Morgan fingerprint density at radius 1 is 0.680 bits per heavy atom. The first-order valence-electron chi connectivity index (χ1n) is 11.9. The van der Waals surface area contributed by atoms with Crippen LogP contribution in [0.4, 0.5) is 0 Å². The fourth-order valence-electron chi connectivity index (χ4n) is 6.52. The van der Waals surface area contributed by atoms with Crippen LogP contribution in [0.25, 0.3) is 0 Å². The minimum Gasteiger partial charge on any atom is -0.378 e. The smallest absolute Gasteiger partial charge is 0.0578 e. The van der Waals surface area contributed by atoms with Crippen LogP contribution >= 0.6 is 0 Å². The largest absolute Gasteiger partial charge is 0.378 e. The fourth-order valence-corrected chi connectivity index (χ4v) is 6.52. The second-order valence-corrected chi connectivity index (χ2v) is 9.61. The van der Waals surface area contributed by atoms with Crippen LogP contribution in [0.3, 0.4) is 0 Å². The van der Waals surface area contributed by atoms with Crippen LogP contribution in [-0.2, 0) is 4.74 Å². The summed E-state index contributed by atoms with van der Waals surface area (Å²) in [5.41, 5.74) is 0. The lowest BCUT2D eigenvalue weighted by molar-refractivity contribution is -0.0537. The van der Waals surface area contributed by atoms with E-state index in [1.165, 1.54) is 70.6 Å². The molecule has 0 spiro atoms. The minimum atomic E-state index is 0.597. The molecule has 6 atom stereocenters. The second-order valence-electron chi connectivity index (χ2n) is 9.61. The van der Waals surface area contributed by atoms with Gasteiger partial charge in [-0.15, -0.1) is 0 Å². The Balaban J connectivity index is 1.42. The molecule has 0 aliphatic heterocycles. The summed E-state index contributed by atoms with van der Waals surface area (Å²) in [5.74, 6) is 5.31. The normalized spacial score (nSPS) is 38.2. The third-order valence-corrected chi connectivity index (χ3v) is 7.92. The van der Waals surface area contributed by atoms with Crippen molar-refractivity contribution in [1.82, 2.24) is 0 Å². The molecule has 0 bridgehead atoms. The van der Waals surface area contributed by atoms with Gasteiger partial charge in [-0.1, -0.05) is 58.8 Å². The van der Waals surface area contributed by atoms with E-state index in [4.69, 9.17) is 4.74 Å². The van der Waals surface area contributed by atoms with Gasteiger partial charge in [0.1, 0.15) is 0 Å². The van der Waals surface area contributed by atoms with Crippen molar-refractivity contribution in [3.8, 4) is 0 Å². The SMILES string of the molecule is CCCCCC[C@@H]1CCC2C(CCC3C[C@H](OCCCC)CCC32)C1. The van der Waals surface area contributed by atoms with Crippen LogP contribution in [0.15, 0.2) is 0 Å². The van der Waals surface area contributed by atoms with Gasteiger partial charge in [-0.25, -0.2) is 0 Å². The molecule has 0 amide bonds. The van der Waals surface area contributed by atoms with E-state index in [0.29, 0.717) is 6.10 Å². The van der Waals surface area contributed by atoms with Crippen LogP contribution in [0.2, 0.25) is 0 Å². The predicted molar refractivity (Wildman–Crippen MR) is 108 cm³/mol. The van der Waals surface area contributed by atoms with Crippen molar-refractivity contribution in [2.24, 2.45) is 29.6 Å². The second kappa shape index (κ2) is 10.3. The Bertz CT molecular complexity index is 365. The third-order valence-electron chi connectivity index (χ3n) is 7.92. The molecule has 4 unspecified atom stereocenters. The molecule has 3 aliphatic rings. The Morgan fingerprint density at radius 2 is 1.40 bits per heavy atom. The molecule has 1 heteroatoms. The number of ether oxygens (including phenoxy) is 1. The first-order valence-corrected chi connectivity index (χ1v) is 11.9. The zero-order chi connectivity index (χ0) is 17.5. The van der Waals surface area contributed by atoms with Gasteiger partial charge in [0, 0.05) is 6.61 Å². The molecule has 3 rings (SSSR count). The van der Waals surface area contributed by atoms with Crippen LogP contribution in [-0.4, -0.2) is 12.7 Å². The summed E-state index contributed by atoms with van der Waals surface area (Å²) in [6.45, 7) is 5.60. The van der Waals surface area contributed by atoms with Crippen LogP contribution in [0.5, 0.6) is 0 Å². The first kappa shape index (κ1) is 19.7. The average molecular weight is 349 g/mol. The third kappa shape index (κ3) is 5.47.